The summed E-state index contributed by atoms with van der Waals surface area (Å²) >= 11 is 0. The average molecular weight is 265 g/mol. The van der Waals surface area contributed by atoms with Gasteiger partial charge in [-0.15, -0.1) is 0 Å². The van der Waals surface area contributed by atoms with E-state index in [2.05, 4.69) is 23.8 Å². The van der Waals surface area contributed by atoms with Crippen LogP contribution in [0.3, 0.4) is 0 Å². The number of hydrogen-bond acceptors (Lipinski definition) is 4. The smallest absolute Gasteiger partial charge is 0.157 e. The van der Waals surface area contributed by atoms with Crippen LogP contribution in [0.4, 0.5) is 0 Å². The summed E-state index contributed by atoms with van der Waals surface area (Å²) in [6.45, 7) is 8.94. The van der Waals surface area contributed by atoms with Gasteiger partial charge < -0.3 is 10.5 Å². The highest BCUT2D eigenvalue weighted by Crippen LogP contribution is 2.20. The van der Waals surface area contributed by atoms with Crippen molar-refractivity contribution < 1.29 is 4.74 Å². The van der Waals surface area contributed by atoms with Gasteiger partial charge in [-0.25, -0.2) is 9.97 Å². The van der Waals surface area contributed by atoms with Crippen LogP contribution in [0, 0.1) is 6.92 Å². The predicted octanol–water partition coefficient (Wildman–Crippen LogP) is 2.94. The van der Waals surface area contributed by atoms with Crippen LogP contribution in [0.15, 0.2) is 6.07 Å². The molecule has 4 heteroatoms. The molecule has 0 saturated carbocycles. The molecule has 1 aromatic rings. The molecule has 0 saturated heterocycles. The summed E-state index contributed by atoms with van der Waals surface area (Å²) in [5, 5.41) is 0. The van der Waals surface area contributed by atoms with Crippen molar-refractivity contribution in [3.05, 3.63) is 23.3 Å². The Hall–Kier alpha value is -1.00. The fraction of sp³-hybridized carbons (Fsp3) is 0.733. The molecule has 4 nitrogen and oxygen atoms in total. The topological polar surface area (TPSA) is 61.0 Å². The van der Waals surface area contributed by atoms with Gasteiger partial charge in [-0.2, -0.15) is 0 Å². The molecule has 0 spiro atoms. The third-order valence-corrected chi connectivity index (χ3v) is 3.13. The minimum atomic E-state index is 0.00602. The molecule has 108 valence electrons. The molecule has 0 radical (unpaired) electrons. The first kappa shape index (κ1) is 16.1. The molecular formula is C15H27N3O. The van der Waals surface area contributed by atoms with Gasteiger partial charge in [0.1, 0.15) is 6.10 Å². The molecule has 0 aliphatic carbocycles. The second-order valence-corrected chi connectivity index (χ2v) is 4.96. The Morgan fingerprint density at radius 2 is 2.00 bits per heavy atom. The van der Waals surface area contributed by atoms with E-state index in [1.165, 1.54) is 0 Å². The summed E-state index contributed by atoms with van der Waals surface area (Å²) in [5.74, 6) is 0.807. The van der Waals surface area contributed by atoms with Gasteiger partial charge in [-0.3, -0.25) is 0 Å². The number of aromatic nitrogens is 2. The third kappa shape index (κ3) is 5.25. The molecule has 0 amide bonds. The first-order valence-corrected chi connectivity index (χ1v) is 7.32. The second-order valence-electron chi connectivity index (χ2n) is 4.96. The van der Waals surface area contributed by atoms with Crippen LogP contribution >= 0.6 is 0 Å². The van der Waals surface area contributed by atoms with Crippen LogP contribution in [0.1, 0.15) is 63.3 Å². The summed E-state index contributed by atoms with van der Waals surface area (Å²) in [7, 11) is 0. The average Bonchev–Trinajstić information content (AvgIpc) is 2.37. The number of nitrogens with two attached hydrogens (primary N) is 1. The summed E-state index contributed by atoms with van der Waals surface area (Å²) in [6, 6.07) is 2.19. The van der Waals surface area contributed by atoms with Gasteiger partial charge in [0.15, 0.2) is 5.82 Å². The Morgan fingerprint density at radius 3 is 2.58 bits per heavy atom. The van der Waals surface area contributed by atoms with Gasteiger partial charge >= 0.3 is 0 Å². The maximum absolute atomic E-state index is 6.01. The molecule has 2 unspecified atom stereocenters. The lowest BCUT2D eigenvalue weighted by Gasteiger charge is -2.17. The molecule has 2 N–H and O–H groups in total. The Balaban J connectivity index is 2.92. The Bertz CT molecular complexity index is 376. The molecule has 0 aromatic carbocycles. The minimum absolute atomic E-state index is 0.00602. The molecular weight excluding hydrogens is 238 g/mol. The van der Waals surface area contributed by atoms with E-state index < -0.39 is 0 Å². The van der Waals surface area contributed by atoms with E-state index in [1.807, 2.05) is 19.9 Å². The van der Waals surface area contributed by atoms with Gasteiger partial charge in [0.2, 0.25) is 0 Å². The van der Waals surface area contributed by atoms with E-state index >= 15 is 0 Å². The van der Waals surface area contributed by atoms with E-state index in [0.717, 1.165) is 42.9 Å². The van der Waals surface area contributed by atoms with Crippen molar-refractivity contribution >= 4 is 0 Å². The van der Waals surface area contributed by atoms with Crippen molar-refractivity contribution in [2.24, 2.45) is 5.73 Å². The first-order valence-electron chi connectivity index (χ1n) is 7.32. The number of ether oxygens (including phenoxy) is 1. The Labute approximate surface area is 116 Å². The van der Waals surface area contributed by atoms with Crippen LogP contribution in [-0.4, -0.2) is 22.6 Å². The minimum Gasteiger partial charge on any atom is -0.371 e. The number of nitrogens with zero attached hydrogens (tertiary/aromatic N) is 2. The lowest BCUT2D eigenvalue weighted by atomic mass is 10.1. The monoisotopic (exact) mass is 265 g/mol. The lowest BCUT2D eigenvalue weighted by Crippen LogP contribution is -2.23. The molecule has 0 bridgehead atoms. The van der Waals surface area contributed by atoms with Crippen LogP contribution < -0.4 is 5.73 Å². The van der Waals surface area contributed by atoms with Crippen LogP contribution in [0.5, 0.6) is 0 Å². The fourth-order valence-electron chi connectivity index (χ4n) is 2.07. The Kier molecular flexibility index (Phi) is 6.95. The van der Waals surface area contributed by atoms with Gasteiger partial charge in [-0.1, -0.05) is 20.3 Å². The van der Waals surface area contributed by atoms with Crippen LogP contribution in [-0.2, 0) is 11.2 Å². The van der Waals surface area contributed by atoms with E-state index in [9.17, 15) is 0 Å². The zero-order valence-corrected chi connectivity index (χ0v) is 12.6. The molecule has 0 aliphatic rings. The molecule has 1 aromatic heterocycles. The van der Waals surface area contributed by atoms with Crippen molar-refractivity contribution in [3.8, 4) is 0 Å². The van der Waals surface area contributed by atoms with Gasteiger partial charge in [0.05, 0.1) is 0 Å². The van der Waals surface area contributed by atoms with E-state index in [0.29, 0.717) is 6.61 Å². The Morgan fingerprint density at radius 1 is 1.26 bits per heavy atom. The predicted molar refractivity (Wildman–Crippen MR) is 78.0 cm³/mol. The third-order valence-electron chi connectivity index (χ3n) is 3.13. The summed E-state index contributed by atoms with van der Waals surface area (Å²) in [5.41, 5.74) is 8.02. The van der Waals surface area contributed by atoms with Crippen molar-refractivity contribution in [1.82, 2.24) is 9.97 Å². The van der Waals surface area contributed by atoms with Crippen LogP contribution in [0.25, 0.3) is 0 Å². The second kappa shape index (κ2) is 8.23. The fourth-order valence-corrected chi connectivity index (χ4v) is 2.07. The van der Waals surface area contributed by atoms with Crippen molar-refractivity contribution in [2.45, 2.75) is 65.5 Å². The molecule has 1 heterocycles. The molecule has 0 aliphatic heterocycles. The van der Waals surface area contributed by atoms with E-state index in [-0.39, 0.29) is 12.1 Å². The SMILES string of the molecule is CCCC(OCC)c1nc(C)cc(CC(N)CC)n1. The molecule has 1 rings (SSSR count). The number of rotatable bonds is 8. The van der Waals surface area contributed by atoms with Crippen molar-refractivity contribution in [1.29, 1.82) is 0 Å². The van der Waals surface area contributed by atoms with E-state index in [1.54, 1.807) is 0 Å². The van der Waals surface area contributed by atoms with E-state index in [4.69, 9.17) is 10.5 Å². The normalized spacial score (nSPS) is 14.4. The van der Waals surface area contributed by atoms with Gasteiger partial charge in [-0.05, 0) is 32.8 Å². The standard InChI is InChI=1S/C15H27N3O/c1-5-8-14(19-7-3)15-17-11(4)9-13(18-15)10-12(16)6-2/h9,12,14H,5-8,10,16H2,1-4H3. The first-order chi connectivity index (χ1) is 9.10. The lowest BCUT2D eigenvalue weighted by molar-refractivity contribution is 0.0491. The maximum Gasteiger partial charge on any atom is 0.157 e. The number of hydrogen-bond donors (Lipinski definition) is 1. The maximum atomic E-state index is 6.01. The van der Waals surface area contributed by atoms with Gasteiger partial charge in [0, 0.05) is 30.5 Å². The number of aryl methyl sites for hydroxylation is 1. The summed E-state index contributed by atoms with van der Waals surface area (Å²) in [4.78, 5) is 9.17. The quantitative estimate of drug-likeness (QED) is 0.785. The zero-order valence-electron chi connectivity index (χ0n) is 12.6. The van der Waals surface area contributed by atoms with Crippen LogP contribution in [0.2, 0.25) is 0 Å². The van der Waals surface area contributed by atoms with Gasteiger partial charge in [0.25, 0.3) is 0 Å². The largest absolute Gasteiger partial charge is 0.371 e. The highest BCUT2D eigenvalue weighted by Gasteiger charge is 2.15. The molecule has 19 heavy (non-hydrogen) atoms. The zero-order chi connectivity index (χ0) is 14.3. The highest BCUT2D eigenvalue weighted by molar-refractivity contribution is 5.12. The van der Waals surface area contributed by atoms with Crippen molar-refractivity contribution in [2.75, 3.05) is 6.61 Å². The summed E-state index contributed by atoms with van der Waals surface area (Å²) < 4.78 is 5.75. The molecule has 2 atom stereocenters. The van der Waals surface area contributed by atoms with Crippen molar-refractivity contribution in [3.63, 3.8) is 0 Å². The highest BCUT2D eigenvalue weighted by atomic mass is 16.5. The molecule has 0 fully saturated rings. The summed E-state index contributed by atoms with van der Waals surface area (Å²) in [6.07, 6.45) is 3.79.